The van der Waals surface area contributed by atoms with Crippen molar-refractivity contribution in [1.82, 2.24) is 10.2 Å². The molecule has 0 spiro atoms. The van der Waals surface area contributed by atoms with Gasteiger partial charge in [-0.3, -0.25) is 9.59 Å². The maximum atomic E-state index is 12.0. The molecule has 1 aromatic rings. The van der Waals surface area contributed by atoms with Crippen molar-refractivity contribution >= 4 is 11.8 Å². The molecule has 2 N–H and O–H groups in total. The number of carbonyl (C=O) groups excluding carboxylic acids is 2. The molecule has 116 valence electrons. The molecule has 0 radical (unpaired) electrons. The smallest absolute Gasteiger partial charge is 0.395 e. The zero-order valence-corrected chi connectivity index (χ0v) is 11.1. The van der Waals surface area contributed by atoms with Crippen LogP contribution in [0.1, 0.15) is 5.56 Å². The maximum absolute atomic E-state index is 12.0. The monoisotopic (exact) mass is 304 g/mol. The van der Waals surface area contributed by atoms with Gasteiger partial charge in [-0.15, -0.1) is 0 Å². The minimum absolute atomic E-state index is 0.0321. The third-order valence-corrected chi connectivity index (χ3v) is 2.60. The number of rotatable bonds is 6. The van der Waals surface area contributed by atoms with Crippen molar-refractivity contribution in [3.63, 3.8) is 0 Å². The molecule has 0 fully saturated rings. The van der Waals surface area contributed by atoms with Crippen LogP contribution in [0.2, 0.25) is 0 Å². The molecule has 0 heterocycles. The SMILES string of the molecule is O=C(CNC(=O)C(F)(F)F)N(CCO)Cc1ccccc1. The summed E-state index contributed by atoms with van der Waals surface area (Å²) in [6, 6.07) is 8.77. The van der Waals surface area contributed by atoms with E-state index in [9.17, 15) is 22.8 Å². The van der Waals surface area contributed by atoms with Gasteiger partial charge in [0.2, 0.25) is 5.91 Å². The summed E-state index contributed by atoms with van der Waals surface area (Å²) < 4.78 is 36.1. The molecular weight excluding hydrogens is 289 g/mol. The number of amides is 2. The molecule has 2 amide bonds. The number of aliphatic hydroxyl groups excluding tert-OH is 1. The van der Waals surface area contributed by atoms with E-state index in [1.54, 1.807) is 30.3 Å². The average molecular weight is 304 g/mol. The highest BCUT2D eigenvalue weighted by Gasteiger charge is 2.38. The van der Waals surface area contributed by atoms with Gasteiger partial charge in [-0.2, -0.15) is 13.2 Å². The van der Waals surface area contributed by atoms with E-state index in [1.807, 2.05) is 0 Å². The van der Waals surface area contributed by atoms with E-state index in [0.29, 0.717) is 0 Å². The molecule has 0 unspecified atom stereocenters. The quantitative estimate of drug-likeness (QED) is 0.812. The summed E-state index contributed by atoms with van der Waals surface area (Å²) in [5.74, 6) is -2.87. The molecule has 0 atom stereocenters. The molecule has 8 heteroatoms. The fraction of sp³-hybridized carbons (Fsp3) is 0.385. The number of halogens is 3. The summed E-state index contributed by atoms with van der Waals surface area (Å²) in [7, 11) is 0. The van der Waals surface area contributed by atoms with Gasteiger partial charge >= 0.3 is 12.1 Å². The van der Waals surface area contributed by atoms with Gasteiger partial charge in [-0.05, 0) is 5.56 Å². The van der Waals surface area contributed by atoms with Gasteiger partial charge in [-0.1, -0.05) is 30.3 Å². The second kappa shape index (κ2) is 7.63. The van der Waals surface area contributed by atoms with Gasteiger partial charge in [0.25, 0.3) is 0 Å². The molecule has 0 aliphatic rings. The molecule has 21 heavy (non-hydrogen) atoms. The van der Waals surface area contributed by atoms with E-state index in [0.717, 1.165) is 5.56 Å². The Hall–Kier alpha value is -2.09. The van der Waals surface area contributed by atoms with Crippen LogP contribution in [0, 0.1) is 0 Å². The van der Waals surface area contributed by atoms with E-state index in [1.165, 1.54) is 10.2 Å². The van der Waals surface area contributed by atoms with Crippen LogP contribution in [0.5, 0.6) is 0 Å². The van der Waals surface area contributed by atoms with Crippen LogP contribution in [0.25, 0.3) is 0 Å². The fourth-order valence-electron chi connectivity index (χ4n) is 1.58. The standard InChI is InChI=1S/C13H15F3N2O3/c14-13(15,16)12(21)17-8-11(20)18(6-7-19)9-10-4-2-1-3-5-10/h1-5,19H,6-9H2,(H,17,21). The van der Waals surface area contributed by atoms with Crippen LogP contribution in [0.15, 0.2) is 30.3 Å². The number of nitrogens with zero attached hydrogens (tertiary/aromatic N) is 1. The van der Waals surface area contributed by atoms with Crippen molar-refractivity contribution in [2.75, 3.05) is 19.7 Å². The van der Waals surface area contributed by atoms with Crippen molar-refractivity contribution < 1.29 is 27.9 Å². The number of hydrogen-bond donors (Lipinski definition) is 2. The van der Waals surface area contributed by atoms with Crippen molar-refractivity contribution in [3.05, 3.63) is 35.9 Å². The number of benzene rings is 1. The first kappa shape index (κ1) is 17.0. The molecule has 0 bridgehead atoms. The second-order valence-corrected chi connectivity index (χ2v) is 4.20. The summed E-state index contributed by atoms with van der Waals surface area (Å²) in [5.41, 5.74) is 0.765. The average Bonchev–Trinajstić information content (AvgIpc) is 2.44. The number of nitrogens with one attached hydrogen (secondary N) is 1. The van der Waals surface area contributed by atoms with Crippen LogP contribution in [0.4, 0.5) is 13.2 Å². The highest BCUT2D eigenvalue weighted by atomic mass is 19.4. The van der Waals surface area contributed by atoms with Gasteiger partial charge in [0.1, 0.15) is 0 Å². The first-order chi connectivity index (χ1) is 9.84. The summed E-state index contributed by atoms with van der Waals surface area (Å²) in [5, 5.41) is 10.4. The Balaban J connectivity index is 2.59. The molecule has 0 aliphatic carbocycles. The zero-order chi connectivity index (χ0) is 15.9. The molecule has 0 aromatic heterocycles. The largest absolute Gasteiger partial charge is 0.471 e. The molecule has 0 saturated heterocycles. The lowest BCUT2D eigenvalue weighted by Crippen LogP contribution is -2.44. The Bertz CT molecular complexity index is 477. The summed E-state index contributed by atoms with van der Waals surface area (Å²) in [4.78, 5) is 23.6. The summed E-state index contributed by atoms with van der Waals surface area (Å²) >= 11 is 0. The van der Waals surface area contributed by atoms with Gasteiger partial charge < -0.3 is 15.3 Å². The number of carbonyl (C=O) groups is 2. The zero-order valence-electron chi connectivity index (χ0n) is 11.1. The Morgan fingerprint density at radius 2 is 1.81 bits per heavy atom. The molecule has 5 nitrogen and oxygen atoms in total. The van der Waals surface area contributed by atoms with Crippen molar-refractivity contribution in [3.8, 4) is 0 Å². The van der Waals surface area contributed by atoms with Crippen LogP contribution in [-0.4, -0.2) is 47.7 Å². The first-order valence-electron chi connectivity index (χ1n) is 6.12. The summed E-state index contributed by atoms with van der Waals surface area (Å²) in [6.45, 7) is -0.991. The Labute approximate surface area is 119 Å². The Morgan fingerprint density at radius 3 is 2.33 bits per heavy atom. The molecule has 1 aromatic carbocycles. The summed E-state index contributed by atoms with van der Waals surface area (Å²) in [6.07, 6.45) is -5.03. The topological polar surface area (TPSA) is 69.6 Å². The van der Waals surface area contributed by atoms with E-state index < -0.39 is 24.5 Å². The molecule has 0 saturated carbocycles. The highest BCUT2D eigenvalue weighted by Crippen LogP contribution is 2.13. The second-order valence-electron chi connectivity index (χ2n) is 4.20. The minimum Gasteiger partial charge on any atom is -0.395 e. The van der Waals surface area contributed by atoms with E-state index in [2.05, 4.69) is 0 Å². The fourth-order valence-corrected chi connectivity index (χ4v) is 1.58. The van der Waals surface area contributed by atoms with Crippen molar-refractivity contribution in [2.45, 2.75) is 12.7 Å². The first-order valence-corrected chi connectivity index (χ1v) is 6.12. The molecular formula is C13H15F3N2O3. The predicted molar refractivity (Wildman–Crippen MR) is 68.0 cm³/mol. The predicted octanol–water partition coefficient (Wildman–Crippen LogP) is 0.686. The lowest BCUT2D eigenvalue weighted by molar-refractivity contribution is -0.174. The van der Waals surface area contributed by atoms with Crippen LogP contribution >= 0.6 is 0 Å². The third-order valence-electron chi connectivity index (χ3n) is 2.60. The normalized spacial score (nSPS) is 11.0. The van der Waals surface area contributed by atoms with Crippen molar-refractivity contribution in [2.24, 2.45) is 0 Å². The van der Waals surface area contributed by atoms with E-state index in [-0.39, 0.29) is 19.7 Å². The van der Waals surface area contributed by atoms with Gasteiger partial charge in [0.15, 0.2) is 0 Å². The van der Waals surface area contributed by atoms with Gasteiger partial charge in [-0.25, -0.2) is 0 Å². The molecule has 0 aliphatic heterocycles. The maximum Gasteiger partial charge on any atom is 0.471 e. The lowest BCUT2D eigenvalue weighted by Gasteiger charge is -2.22. The highest BCUT2D eigenvalue weighted by molar-refractivity contribution is 5.87. The van der Waals surface area contributed by atoms with E-state index in [4.69, 9.17) is 5.11 Å². The van der Waals surface area contributed by atoms with Crippen LogP contribution in [-0.2, 0) is 16.1 Å². The minimum atomic E-state index is -5.03. The number of aliphatic hydroxyl groups is 1. The number of hydrogen-bond acceptors (Lipinski definition) is 3. The third kappa shape index (κ3) is 5.82. The number of alkyl halides is 3. The van der Waals surface area contributed by atoms with Crippen LogP contribution in [0.3, 0.4) is 0 Å². The Kier molecular flexibility index (Phi) is 6.16. The van der Waals surface area contributed by atoms with Gasteiger partial charge in [0.05, 0.1) is 13.2 Å². The van der Waals surface area contributed by atoms with Gasteiger partial charge in [0, 0.05) is 13.1 Å². The Morgan fingerprint density at radius 1 is 1.19 bits per heavy atom. The van der Waals surface area contributed by atoms with Crippen molar-refractivity contribution in [1.29, 1.82) is 0 Å². The van der Waals surface area contributed by atoms with E-state index >= 15 is 0 Å². The lowest BCUT2D eigenvalue weighted by atomic mass is 10.2. The molecule has 1 rings (SSSR count). The van der Waals surface area contributed by atoms with Crippen LogP contribution < -0.4 is 5.32 Å².